The van der Waals surface area contributed by atoms with Crippen molar-refractivity contribution in [3.63, 3.8) is 0 Å². The predicted octanol–water partition coefficient (Wildman–Crippen LogP) is 3.26. The lowest BCUT2D eigenvalue weighted by Crippen LogP contribution is -2.11. The molecular formula is C14H19N3. The molecule has 0 bridgehead atoms. The lowest BCUT2D eigenvalue weighted by molar-refractivity contribution is 0.573. The smallest absolute Gasteiger partial charge is 0.139 e. The summed E-state index contributed by atoms with van der Waals surface area (Å²) in [7, 11) is 0. The maximum Gasteiger partial charge on any atom is 0.139 e. The van der Waals surface area contributed by atoms with Gasteiger partial charge in [0.15, 0.2) is 0 Å². The SMILES string of the molecule is Cc1cccc(N)c1-c1ncc(C(C)(C)C)[nH]1. The fraction of sp³-hybridized carbons (Fsp3) is 0.357. The summed E-state index contributed by atoms with van der Waals surface area (Å²) in [6.45, 7) is 8.52. The van der Waals surface area contributed by atoms with E-state index < -0.39 is 0 Å². The zero-order chi connectivity index (χ0) is 12.6. The van der Waals surface area contributed by atoms with Crippen molar-refractivity contribution in [3.05, 3.63) is 35.7 Å². The van der Waals surface area contributed by atoms with Gasteiger partial charge in [0.25, 0.3) is 0 Å². The van der Waals surface area contributed by atoms with Gasteiger partial charge in [-0.1, -0.05) is 32.9 Å². The van der Waals surface area contributed by atoms with Crippen LogP contribution in [-0.2, 0) is 5.41 Å². The number of imidazole rings is 1. The van der Waals surface area contributed by atoms with Gasteiger partial charge in [-0.25, -0.2) is 4.98 Å². The van der Waals surface area contributed by atoms with Crippen LogP contribution in [0.1, 0.15) is 32.0 Å². The first-order valence-corrected chi connectivity index (χ1v) is 5.80. The van der Waals surface area contributed by atoms with Gasteiger partial charge in [0.1, 0.15) is 5.82 Å². The molecule has 1 aromatic carbocycles. The number of hydrogen-bond acceptors (Lipinski definition) is 2. The Labute approximate surface area is 102 Å². The molecule has 3 nitrogen and oxygen atoms in total. The summed E-state index contributed by atoms with van der Waals surface area (Å²) < 4.78 is 0. The molecule has 3 N–H and O–H groups in total. The molecule has 2 rings (SSSR count). The van der Waals surface area contributed by atoms with Crippen LogP contribution in [0.2, 0.25) is 0 Å². The van der Waals surface area contributed by atoms with Gasteiger partial charge in [-0.3, -0.25) is 0 Å². The van der Waals surface area contributed by atoms with Crippen LogP contribution in [0.4, 0.5) is 5.69 Å². The van der Waals surface area contributed by atoms with Crippen LogP contribution in [0.3, 0.4) is 0 Å². The van der Waals surface area contributed by atoms with Crippen LogP contribution >= 0.6 is 0 Å². The van der Waals surface area contributed by atoms with E-state index in [9.17, 15) is 0 Å². The number of aryl methyl sites for hydroxylation is 1. The Bertz CT molecular complexity index is 512. The number of aromatic amines is 1. The van der Waals surface area contributed by atoms with E-state index in [0.717, 1.165) is 28.3 Å². The number of hydrogen-bond donors (Lipinski definition) is 2. The summed E-state index contributed by atoms with van der Waals surface area (Å²) in [5.74, 6) is 0.852. The second-order valence-electron chi connectivity index (χ2n) is 5.43. The summed E-state index contributed by atoms with van der Waals surface area (Å²) in [4.78, 5) is 7.80. The third-order valence-electron chi connectivity index (χ3n) is 2.93. The predicted molar refractivity (Wildman–Crippen MR) is 71.9 cm³/mol. The Hall–Kier alpha value is -1.77. The first-order valence-electron chi connectivity index (χ1n) is 5.80. The van der Waals surface area contributed by atoms with Crippen LogP contribution in [0.15, 0.2) is 24.4 Å². The van der Waals surface area contributed by atoms with Gasteiger partial charge in [-0.2, -0.15) is 0 Å². The van der Waals surface area contributed by atoms with Gasteiger partial charge in [0.05, 0.1) is 0 Å². The summed E-state index contributed by atoms with van der Waals surface area (Å²) in [6.07, 6.45) is 1.89. The average molecular weight is 229 g/mol. The summed E-state index contributed by atoms with van der Waals surface area (Å²) in [5, 5.41) is 0. The molecule has 1 heterocycles. The molecular weight excluding hydrogens is 210 g/mol. The maximum atomic E-state index is 6.01. The van der Waals surface area contributed by atoms with E-state index in [4.69, 9.17) is 5.73 Å². The quantitative estimate of drug-likeness (QED) is 0.737. The molecule has 0 aliphatic rings. The molecule has 1 aromatic heterocycles. The molecule has 0 spiro atoms. The molecule has 0 unspecified atom stereocenters. The van der Waals surface area contributed by atoms with E-state index in [1.807, 2.05) is 31.3 Å². The fourth-order valence-corrected chi connectivity index (χ4v) is 1.84. The molecule has 0 atom stereocenters. The number of anilines is 1. The van der Waals surface area contributed by atoms with Gasteiger partial charge in [-0.15, -0.1) is 0 Å². The molecule has 3 heteroatoms. The number of nitrogens with one attached hydrogen (secondary N) is 1. The molecule has 0 aliphatic carbocycles. The highest BCUT2D eigenvalue weighted by Crippen LogP contribution is 2.29. The minimum Gasteiger partial charge on any atom is -0.398 e. The third kappa shape index (κ3) is 2.18. The molecule has 0 saturated carbocycles. The van der Waals surface area contributed by atoms with Crippen molar-refractivity contribution in [2.75, 3.05) is 5.73 Å². The Morgan fingerprint density at radius 2 is 1.94 bits per heavy atom. The number of rotatable bonds is 1. The molecule has 0 saturated heterocycles. The van der Waals surface area contributed by atoms with Crippen LogP contribution in [0.25, 0.3) is 11.4 Å². The second-order valence-corrected chi connectivity index (χ2v) is 5.43. The van der Waals surface area contributed by atoms with Crippen molar-refractivity contribution in [2.24, 2.45) is 0 Å². The van der Waals surface area contributed by atoms with Crippen LogP contribution in [-0.4, -0.2) is 9.97 Å². The highest BCUT2D eigenvalue weighted by atomic mass is 14.9. The summed E-state index contributed by atoms with van der Waals surface area (Å²) in [5.41, 5.74) is 10.1. The normalized spacial score (nSPS) is 11.8. The number of benzene rings is 1. The topological polar surface area (TPSA) is 54.7 Å². The lowest BCUT2D eigenvalue weighted by Gasteiger charge is -2.15. The van der Waals surface area contributed by atoms with Gasteiger partial charge in [0, 0.05) is 28.6 Å². The van der Waals surface area contributed by atoms with Gasteiger partial charge in [-0.05, 0) is 18.6 Å². The van der Waals surface area contributed by atoms with Crippen molar-refractivity contribution in [1.29, 1.82) is 0 Å². The van der Waals surface area contributed by atoms with Crippen molar-refractivity contribution >= 4 is 5.69 Å². The highest BCUT2D eigenvalue weighted by molar-refractivity contribution is 5.74. The zero-order valence-corrected chi connectivity index (χ0v) is 10.8. The molecule has 17 heavy (non-hydrogen) atoms. The molecule has 0 fully saturated rings. The largest absolute Gasteiger partial charge is 0.398 e. The number of H-pyrrole nitrogens is 1. The van der Waals surface area contributed by atoms with E-state index in [1.165, 1.54) is 0 Å². The number of nitrogens with two attached hydrogens (primary N) is 1. The second kappa shape index (κ2) is 3.91. The summed E-state index contributed by atoms with van der Waals surface area (Å²) >= 11 is 0. The minimum atomic E-state index is 0.0721. The molecule has 0 aliphatic heterocycles. The standard InChI is InChI=1S/C14H19N3/c1-9-6-5-7-10(15)12(9)13-16-8-11(17-13)14(2,3)4/h5-8H,15H2,1-4H3,(H,16,17). The van der Waals surface area contributed by atoms with Crippen LogP contribution in [0, 0.1) is 6.92 Å². The number of aromatic nitrogens is 2. The molecule has 0 amide bonds. The van der Waals surface area contributed by atoms with Gasteiger partial charge < -0.3 is 10.7 Å². The first kappa shape index (κ1) is 11.7. The Kier molecular flexibility index (Phi) is 2.69. The van der Waals surface area contributed by atoms with Crippen LogP contribution < -0.4 is 5.73 Å². The van der Waals surface area contributed by atoms with E-state index in [2.05, 4.69) is 30.7 Å². The van der Waals surface area contributed by atoms with Crippen molar-refractivity contribution in [1.82, 2.24) is 9.97 Å². The third-order valence-corrected chi connectivity index (χ3v) is 2.93. The Morgan fingerprint density at radius 3 is 2.47 bits per heavy atom. The van der Waals surface area contributed by atoms with E-state index in [-0.39, 0.29) is 5.41 Å². The van der Waals surface area contributed by atoms with Crippen LogP contribution in [0.5, 0.6) is 0 Å². The van der Waals surface area contributed by atoms with Gasteiger partial charge >= 0.3 is 0 Å². The van der Waals surface area contributed by atoms with Crippen molar-refractivity contribution in [3.8, 4) is 11.4 Å². The van der Waals surface area contributed by atoms with E-state index >= 15 is 0 Å². The number of nitrogen functional groups attached to an aromatic ring is 1. The van der Waals surface area contributed by atoms with E-state index in [0.29, 0.717) is 0 Å². The minimum absolute atomic E-state index is 0.0721. The molecule has 2 aromatic rings. The summed E-state index contributed by atoms with van der Waals surface area (Å²) in [6, 6.07) is 5.91. The zero-order valence-electron chi connectivity index (χ0n) is 10.8. The molecule has 0 radical (unpaired) electrons. The Morgan fingerprint density at radius 1 is 1.24 bits per heavy atom. The number of nitrogens with zero attached hydrogens (tertiary/aromatic N) is 1. The first-order chi connectivity index (χ1) is 7.89. The lowest BCUT2D eigenvalue weighted by atomic mass is 9.93. The maximum absolute atomic E-state index is 6.01. The average Bonchev–Trinajstić information content (AvgIpc) is 2.65. The van der Waals surface area contributed by atoms with Gasteiger partial charge in [0.2, 0.25) is 0 Å². The van der Waals surface area contributed by atoms with Crippen molar-refractivity contribution in [2.45, 2.75) is 33.1 Å². The molecule has 90 valence electrons. The highest BCUT2D eigenvalue weighted by Gasteiger charge is 2.18. The fourth-order valence-electron chi connectivity index (χ4n) is 1.84. The van der Waals surface area contributed by atoms with E-state index in [1.54, 1.807) is 0 Å². The van der Waals surface area contributed by atoms with Crippen molar-refractivity contribution < 1.29 is 0 Å². The Balaban J connectivity index is 2.51. The monoisotopic (exact) mass is 229 g/mol.